The Balaban J connectivity index is 1.98. The highest BCUT2D eigenvalue weighted by atomic mass is 16.3. The number of aliphatic hydroxyl groups is 1. The highest BCUT2D eigenvalue weighted by Crippen LogP contribution is 2.37. The van der Waals surface area contributed by atoms with Gasteiger partial charge in [0.1, 0.15) is 5.75 Å². The maximum atomic E-state index is 11.9. The van der Waals surface area contributed by atoms with Gasteiger partial charge in [-0.2, -0.15) is 0 Å². The molecule has 2 rings (SSSR count). The first-order valence-electron chi connectivity index (χ1n) is 6.34. The van der Waals surface area contributed by atoms with Crippen LogP contribution in [0, 0.1) is 5.41 Å². The molecule has 1 saturated carbocycles. The van der Waals surface area contributed by atoms with E-state index in [-0.39, 0.29) is 29.2 Å². The highest BCUT2D eigenvalue weighted by molar-refractivity contribution is 5.96. The fourth-order valence-corrected chi connectivity index (χ4v) is 2.54. The number of phenolic OH excluding ortho intramolecular Hbond substituents is 1. The van der Waals surface area contributed by atoms with Gasteiger partial charge in [-0.1, -0.05) is 25.0 Å². The van der Waals surface area contributed by atoms with Crippen molar-refractivity contribution in [3.05, 3.63) is 29.8 Å². The van der Waals surface area contributed by atoms with Crippen LogP contribution in [0.3, 0.4) is 0 Å². The smallest absolute Gasteiger partial charge is 0.255 e. The molecule has 0 unspecified atom stereocenters. The highest BCUT2D eigenvalue weighted by Gasteiger charge is 2.33. The van der Waals surface area contributed by atoms with Crippen LogP contribution < -0.4 is 5.32 Å². The van der Waals surface area contributed by atoms with Crippen molar-refractivity contribution in [3.8, 4) is 5.75 Å². The second kappa shape index (κ2) is 5.40. The Morgan fingerprint density at radius 2 is 1.94 bits per heavy atom. The Bertz CT molecular complexity index is 425. The Kier molecular flexibility index (Phi) is 3.87. The molecule has 0 heterocycles. The van der Waals surface area contributed by atoms with E-state index in [1.165, 1.54) is 6.07 Å². The van der Waals surface area contributed by atoms with Gasteiger partial charge in [-0.25, -0.2) is 0 Å². The molecule has 1 aromatic rings. The summed E-state index contributed by atoms with van der Waals surface area (Å²) in [6.45, 7) is 0.574. The number of hydrogen-bond donors (Lipinski definition) is 3. The van der Waals surface area contributed by atoms with Crippen molar-refractivity contribution in [1.29, 1.82) is 0 Å². The number of hydrogen-bond acceptors (Lipinski definition) is 3. The van der Waals surface area contributed by atoms with Crippen LogP contribution in [-0.4, -0.2) is 29.3 Å². The largest absolute Gasteiger partial charge is 0.507 e. The number of rotatable bonds is 4. The summed E-state index contributed by atoms with van der Waals surface area (Å²) in [7, 11) is 0. The molecule has 1 amide bonds. The molecular formula is C14H19NO3. The average molecular weight is 249 g/mol. The molecule has 0 aromatic heterocycles. The molecule has 4 nitrogen and oxygen atoms in total. The molecule has 18 heavy (non-hydrogen) atoms. The molecule has 0 atom stereocenters. The lowest BCUT2D eigenvalue weighted by Gasteiger charge is -2.26. The van der Waals surface area contributed by atoms with E-state index in [1.54, 1.807) is 18.2 Å². The van der Waals surface area contributed by atoms with Gasteiger partial charge in [0.2, 0.25) is 0 Å². The second-order valence-corrected chi connectivity index (χ2v) is 5.07. The Labute approximate surface area is 107 Å². The normalized spacial score (nSPS) is 17.6. The van der Waals surface area contributed by atoms with Crippen molar-refractivity contribution in [2.75, 3.05) is 13.2 Å². The fourth-order valence-electron chi connectivity index (χ4n) is 2.54. The van der Waals surface area contributed by atoms with Crippen molar-refractivity contribution in [2.45, 2.75) is 25.7 Å². The summed E-state index contributed by atoms with van der Waals surface area (Å²) in [6.07, 6.45) is 4.11. The Morgan fingerprint density at radius 1 is 1.28 bits per heavy atom. The van der Waals surface area contributed by atoms with Crippen LogP contribution in [0.4, 0.5) is 0 Å². The molecule has 0 aliphatic heterocycles. The zero-order valence-electron chi connectivity index (χ0n) is 10.4. The number of carbonyl (C=O) groups is 1. The van der Waals surface area contributed by atoms with E-state index >= 15 is 0 Å². The van der Waals surface area contributed by atoms with Gasteiger partial charge in [0.05, 0.1) is 12.2 Å². The molecule has 1 aliphatic rings. The minimum Gasteiger partial charge on any atom is -0.507 e. The van der Waals surface area contributed by atoms with E-state index in [1.807, 2.05) is 0 Å². The number of aromatic hydroxyl groups is 1. The summed E-state index contributed by atoms with van der Waals surface area (Å²) >= 11 is 0. The molecule has 1 aliphatic carbocycles. The van der Waals surface area contributed by atoms with E-state index < -0.39 is 0 Å². The van der Waals surface area contributed by atoms with Crippen molar-refractivity contribution >= 4 is 5.91 Å². The fraction of sp³-hybridized carbons (Fsp3) is 0.500. The Hall–Kier alpha value is -1.55. The van der Waals surface area contributed by atoms with E-state index in [9.17, 15) is 15.0 Å². The van der Waals surface area contributed by atoms with Crippen LogP contribution >= 0.6 is 0 Å². The van der Waals surface area contributed by atoms with E-state index in [2.05, 4.69) is 5.32 Å². The third-order valence-corrected chi connectivity index (χ3v) is 3.77. The minimum absolute atomic E-state index is 0.0144. The van der Waals surface area contributed by atoms with Crippen molar-refractivity contribution < 1.29 is 15.0 Å². The molecule has 1 fully saturated rings. The molecule has 0 bridgehead atoms. The first kappa shape index (κ1) is 12.9. The van der Waals surface area contributed by atoms with Crippen molar-refractivity contribution in [3.63, 3.8) is 0 Å². The van der Waals surface area contributed by atoms with Crippen LogP contribution in [0.2, 0.25) is 0 Å². The standard InChI is InChI=1S/C14H19NO3/c16-10-14(7-3-4-8-14)9-15-13(18)11-5-1-2-6-12(11)17/h1-2,5-6,16-17H,3-4,7-10H2,(H,15,18). The maximum absolute atomic E-state index is 11.9. The van der Waals surface area contributed by atoms with Gasteiger partial charge in [-0.05, 0) is 25.0 Å². The monoisotopic (exact) mass is 249 g/mol. The van der Waals surface area contributed by atoms with Crippen molar-refractivity contribution in [1.82, 2.24) is 5.32 Å². The molecular weight excluding hydrogens is 230 g/mol. The molecule has 0 spiro atoms. The van der Waals surface area contributed by atoms with Gasteiger partial charge in [0.25, 0.3) is 5.91 Å². The molecule has 0 radical (unpaired) electrons. The topological polar surface area (TPSA) is 69.6 Å². The summed E-state index contributed by atoms with van der Waals surface area (Å²) in [5.74, 6) is -0.299. The van der Waals surface area contributed by atoms with E-state index in [0.717, 1.165) is 25.7 Å². The number of nitrogens with one attached hydrogen (secondary N) is 1. The summed E-state index contributed by atoms with van der Waals surface area (Å²) in [5, 5.41) is 21.9. The lowest BCUT2D eigenvalue weighted by atomic mass is 9.87. The van der Waals surface area contributed by atoms with E-state index in [4.69, 9.17) is 0 Å². The quantitative estimate of drug-likeness (QED) is 0.760. The Morgan fingerprint density at radius 3 is 2.56 bits per heavy atom. The lowest BCUT2D eigenvalue weighted by molar-refractivity contribution is 0.0878. The zero-order chi connectivity index (χ0) is 13.0. The summed E-state index contributed by atoms with van der Waals surface area (Å²) in [5.41, 5.74) is 0.114. The predicted molar refractivity (Wildman–Crippen MR) is 68.4 cm³/mol. The van der Waals surface area contributed by atoms with Crippen LogP contribution in [-0.2, 0) is 0 Å². The van der Waals surface area contributed by atoms with Crippen LogP contribution in [0.15, 0.2) is 24.3 Å². The van der Waals surface area contributed by atoms with Gasteiger partial charge < -0.3 is 15.5 Å². The SMILES string of the molecule is O=C(NCC1(CO)CCCC1)c1ccccc1O. The van der Waals surface area contributed by atoms with Gasteiger partial charge in [0, 0.05) is 12.0 Å². The van der Waals surface area contributed by atoms with Crippen LogP contribution in [0.25, 0.3) is 0 Å². The number of aliphatic hydroxyl groups excluding tert-OH is 1. The third-order valence-electron chi connectivity index (χ3n) is 3.77. The molecule has 1 aromatic carbocycles. The maximum Gasteiger partial charge on any atom is 0.255 e. The average Bonchev–Trinajstić information content (AvgIpc) is 2.86. The minimum atomic E-state index is -0.284. The van der Waals surface area contributed by atoms with Gasteiger partial charge >= 0.3 is 0 Å². The van der Waals surface area contributed by atoms with Crippen molar-refractivity contribution in [2.24, 2.45) is 5.41 Å². The number of carbonyl (C=O) groups excluding carboxylic acids is 1. The summed E-state index contributed by atoms with van der Waals surface area (Å²) in [6, 6.07) is 6.47. The summed E-state index contributed by atoms with van der Waals surface area (Å²) < 4.78 is 0. The lowest BCUT2D eigenvalue weighted by Crippen LogP contribution is -2.38. The van der Waals surface area contributed by atoms with Gasteiger partial charge in [-0.3, -0.25) is 4.79 Å². The van der Waals surface area contributed by atoms with E-state index in [0.29, 0.717) is 6.54 Å². The number of benzene rings is 1. The van der Waals surface area contributed by atoms with Gasteiger partial charge in [0.15, 0.2) is 0 Å². The third kappa shape index (κ3) is 2.64. The van der Waals surface area contributed by atoms with Gasteiger partial charge in [-0.15, -0.1) is 0 Å². The van der Waals surface area contributed by atoms with Crippen LogP contribution in [0.5, 0.6) is 5.75 Å². The molecule has 98 valence electrons. The number of phenols is 1. The summed E-state index contributed by atoms with van der Waals surface area (Å²) in [4.78, 5) is 11.9. The molecule has 0 saturated heterocycles. The first-order chi connectivity index (χ1) is 8.67. The zero-order valence-corrected chi connectivity index (χ0v) is 10.4. The number of amides is 1. The predicted octanol–water partition coefficient (Wildman–Crippen LogP) is 1.67. The molecule has 4 heteroatoms. The molecule has 3 N–H and O–H groups in total. The number of para-hydroxylation sites is 1. The second-order valence-electron chi connectivity index (χ2n) is 5.07. The van der Waals surface area contributed by atoms with Crippen LogP contribution in [0.1, 0.15) is 36.0 Å². The first-order valence-corrected chi connectivity index (χ1v) is 6.34.